The summed E-state index contributed by atoms with van der Waals surface area (Å²) in [5.41, 5.74) is 2.39. The van der Waals surface area contributed by atoms with E-state index in [-0.39, 0.29) is 5.71 Å². The highest BCUT2D eigenvalue weighted by Crippen LogP contribution is 2.31. The van der Waals surface area contributed by atoms with Crippen LogP contribution in [-0.4, -0.2) is 29.1 Å². The van der Waals surface area contributed by atoms with Crippen LogP contribution in [-0.2, 0) is 9.53 Å². The van der Waals surface area contributed by atoms with Crippen LogP contribution >= 0.6 is 11.3 Å². The molecule has 0 spiro atoms. The van der Waals surface area contributed by atoms with Crippen molar-refractivity contribution in [2.24, 2.45) is 0 Å². The number of nitrogens with one attached hydrogen (secondary N) is 1. The largest absolute Gasteiger partial charge is 0.467 e. The summed E-state index contributed by atoms with van der Waals surface area (Å²) in [5, 5.41) is 7.26. The lowest BCUT2D eigenvalue weighted by atomic mass is 10.0. The van der Waals surface area contributed by atoms with Crippen molar-refractivity contribution in [3.05, 3.63) is 70.2 Å². The number of rotatable bonds is 5. The number of amides is 1. The summed E-state index contributed by atoms with van der Waals surface area (Å²) >= 11 is 1.57. The Morgan fingerprint density at radius 2 is 1.90 bits per heavy atom. The zero-order chi connectivity index (χ0) is 21.3. The number of pyridine rings is 1. The van der Waals surface area contributed by atoms with Crippen LogP contribution in [0.4, 0.5) is 0 Å². The van der Waals surface area contributed by atoms with Gasteiger partial charge in [-0.15, -0.1) is 11.3 Å². The molecule has 1 amide bonds. The number of nitrogens with zero attached hydrogens (tertiary/aromatic N) is 2. The molecule has 7 nitrogen and oxygen atoms in total. The van der Waals surface area contributed by atoms with E-state index in [4.69, 9.17) is 9.26 Å². The minimum absolute atomic E-state index is 0.274. The molecular weight excluding hydrogens is 402 g/mol. The van der Waals surface area contributed by atoms with Gasteiger partial charge in [-0.25, -0.2) is 9.78 Å². The van der Waals surface area contributed by atoms with Gasteiger partial charge in [0, 0.05) is 4.88 Å². The zero-order valence-corrected chi connectivity index (χ0v) is 17.4. The molecule has 0 bridgehead atoms. The first-order valence-electron chi connectivity index (χ1n) is 9.25. The lowest BCUT2D eigenvalue weighted by molar-refractivity contribution is -0.143. The maximum absolute atomic E-state index is 13.3. The third-order valence-corrected chi connectivity index (χ3v) is 5.72. The van der Waals surface area contributed by atoms with Crippen molar-refractivity contribution in [3.8, 4) is 10.6 Å². The van der Waals surface area contributed by atoms with Crippen LogP contribution in [0.25, 0.3) is 21.7 Å². The topological polar surface area (TPSA) is 94.3 Å². The SMILES string of the molecule is COC(=O)C(NC(=O)c1cc(-c2ccc(C)s2)nc2onc(C)c12)c1ccccc1. The highest BCUT2D eigenvalue weighted by molar-refractivity contribution is 7.15. The molecule has 0 radical (unpaired) electrons. The van der Waals surface area contributed by atoms with Gasteiger partial charge in [0.2, 0.25) is 0 Å². The number of ether oxygens (including phenoxy) is 1. The molecule has 3 heterocycles. The molecule has 152 valence electrons. The molecule has 1 N–H and O–H groups in total. The molecule has 0 saturated carbocycles. The van der Waals surface area contributed by atoms with Crippen LogP contribution < -0.4 is 5.32 Å². The molecule has 1 unspecified atom stereocenters. The van der Waals surface area contributed by atoms with Crippen molar-refractivity contribution in [2.75, 3.05) is 7.11 Å². The van der Waals surface area contributed by atoms with E-state index < -0.39 is 17.9 Å². The van der Waals surface area contributed by atoms with E-state index in [0.717, 1.165) is 9.75 Å². The van der Waals surface area contributed by atoms with Gasteiger partial charge < -0.3 is 14.6 Å². The standard InChI is InChI=1S/C22H19N3O4S/c1-12-9-10-17(30-12)16-11-15(18-13(2)25-29-21(18)23-16)20(26)24-19(22(27)28-3)14-7-5-4-6-8-14/h4-11,19H,1-3H3,(H,24,26). The Labute approximate surface area is 176 Å². The third-order valence-electron chi connectivity index (χ3n) is 4.70. The van der Waals surface area contributed by atoms with Crippen LogP contribution in [0, 0.1) is 13.8 Å². The number of esters is 1. The first-order valence-corrected chi connectivity index (χ1v) is 10.1. The zero-order valence-electron chi connectivity index (χ0n) is 16.6. The minimum atomic E-state index is -0.945. The van der Waals surface area contributed by atoms with E-state index in [1.165, 1.54) is 7.11 Å². The van der Waals surface area contributed by atoms with E-state index in [0.29, 0.717) is 27.9 Å². The lowest BCUT2D eigenvalue weighted by Crippen LogP contribution is -2.34. The number of hydrogen-bond donors (Lipinski definition) is 1. The molecule has 30 heavy (non-hydrogen) atoms. The lowest BCUT2D eigenvalue weighted by Gasteiger charge is -2.17. The number of methoxy groups -OCH3 is 1. The maximum Gasteiger partial charge on any atom is 0.333 e. The summed E-state index contributed by atoms with van der Waals surface area (Å²) < 4.78 is 10.2. The van der Waals surface area contributed by atoms with Gasteiger partial charge in [-0.2, -0.15) is 0 Å². The summed E-state index contributed by atoms with van der Waals surface area (Å²) in [7, 11) is 1.29. The average Bonchev–Trinajstić information content (AvgIpc) is 3.37. The van der Waals surface area contributed by atoms with E-state index in [9.17, 15) is 9.59 Å². The Morgan fingerprint density at radius 1 is 1.13 bits per heavy atom. The Kier molecular flexibility index (Phi) is 5.33. The van der Waals surface area contributed by atoms with Gasteiger partial charge in [0.15, 0.2) is 6.04 Å². The summed E-state index contributed by atoms with van der Waals surface area (Å²) in [6.45, 7) is 3.74. The summed E-state index contributed by atoms with van der Waals surface area (Å²) in [6, 6.07) is 13.6. The molecule has 0 aliphatic rings. The quantitative estimate of drug-likeness (QED) is 0.485. The van der Waals surface area contributed by atoms with Crippen molar-refractivity contribution in [1.29, 1.82) is 0 Å². The monoisotopic (exact) mass is 421 g/mol. The van der Waals surface area contributed by atoms with Gasteiger partial charge in [0.25, 0.3) is 11.6 Å². The summed E-state index contributed by atoms with van der Waals surface area (Å²) in [4.78, 5) is 32.2. The number of fused-ring (bicyclic) bond motifs is 1. The Hall–Kier alpha value is -3.52. The van der Waals surface area contributed by atoms with Crippen LogP contribution in [0.2, 0.25) is 0 Å². The van der Waals surface area contributed by atoms with Crippen molar-refractivity contribution < 1.29 is 18.8 Å². The van der Waals surface area contributed by atoms with Gasteiger partial charge in [-0.05, 0) is 37.6 Å². The van der Waals surface area contributed by atoms with E-state index in [1.807, 2.05) is 25.1 Å². The number of carbonyl (C=O) groups excluding carboxylic acids is 2. The van der Waals surface area contributed by atoms with Crippen LogP contribution in [0.5, 0.6) is 0 Å². The summed E-state index contributed by atoms with van der Waals surface area (Å²) in [5.74, 6) is -1.00. The molecule has 1 atom stereocenters. The highest BCUT2D eigenvalue weighted by atomic mass is 32.1. The number of aromatic nitrogens is 2. The molecule has 0 aliphatic carbocycles. The third kappa shape index (κ3) is 3.69. The average molecular weight is 421 g/mol. The van der Waals surface area contributed by atoms with Crippen molar-refractivity contribution in [2.45, 2.75) is 19.9 Å². The second kappa shape index (κ2) is 8.08. The van der Waals surface area contributed by atoms with E-state index >= 15 is 0 Å². The van der Waals surface area contributed by atoms with Crippen LogP contribution in [0.3, 0.4) is 0 Å². The Balaban J connectivity index is 1.78. The predicted molar refractivity (Wildman–Crippen MR) is 113 cm³/mol. The minimum Gasteiger partial charge on any atom is -0.467 e. The van der Waals surface area contributed by atoms with Crippen molar-refractivity contribution >= 4 is 34.3 Å². The smallest absolute Gasteiger partial charge is 0.333 e. The fourth-order valence-corrected chi connectivity index (χ4v) is 4.05. The fraction of sp³-hybridized carbons (Fsp3) is 0.182. The van der Waals surface area contributed by atoms with Gasteiger partial charge in [-0.1, -0.05) is 35.5 Å². The van der Waals surface area contributed by atoms with Gasteiger partial charge in [0.1, 0.15) is 0 Å². The van der Waals surface area contributed by atoms with E-state index in [2.05, 4.69) is 15.5 Å². The molecule has 8 heteroatoms. The molecule has 4 rings (SSSR count). The number of hydrogen-bond acceptors (Lipinski definition) is 7. The van der Waals surface area contributed by atoms with E-state index in [1.54, 1.807) is 48.6 Å². The second-order valence-corrected chi connectivity index (χ2v) is 8.04. The second-order valence-electron chi connectivity index (χ2n) is 6.75. The highest BCUT2D eigenvalue weighted by Gasteiger charge is 2.27. The van der Waals surface area contributed by atoms with Crippen LogP contribution in [0.1, 0.15) is 32.5 Å². The molecule has 0 aliphatic heterocycles. The van der Waals surface area contributed by atoms with Gasteiger partial charge >= 0.3 is 5.97 Å². The molecule has 0 fully saturated rings. The first kappa shape index (κ1) is 19.8. The number of carbonyl (C=O) groups is 2. The predicted octanol–water partition coefficient (Wildman–Crippen LogP) is 4.21. The van der Waals surface area contributed by atoms with Gasteiger partial charge in [0.05, 0.1) is 34.3 Å². The maximum atomic E-state index is 13.3. The fourth-order valence-electron chi connectivity index (χ4n) is 3.22. The number of aryl methyl sites for hydroxylation is 2. The van der Waals surface area contributed by atoms with Gasteiger partial charge in [-0.3, -0.25) is 4.79 Å². The normalized spacial score (nSPS) is 12.0. The van der Waals surface area contributed by atoms with Crippen molar-refractivity contribution in [1.82, 2.24) is 15.5 Å². The Morgan fingerprint density at radius 3 is 2.57 bits per heavy atom. The first-order chi connectivity index (χ1) is 14.5. The molecular formula is C22H19N3O4S. The number of benzene rings is 1. The molecule has 0 saturated heterocycles. The number of thiophene rings is 1. The van der Waals surface area contributed by atoms with Crippen molar-refractivity contribution in [3.63, 3.8) is 0 Å². The molecule has 1 aromatic carbocycles. The molecule has 4 aromatic rings. The summed E-state index contributed by atoms with van der Waals surface area (Å²) in [6.07, 6.45) is 0. The van der Waals surface area contributed by atoms with Crippen LogP contribution in [0.15, 0.2) is 53.1 Å². The molecule has 3 aromatic heterocycles. The Bertz CT molecular complexity index is 1230.